The van der Waals surface area contributed by atoms with E-state index in [1.165, 1.54) is 12.1 Å². The minimum atomic E-state index is -0.298. The second-order valence-corrected chi connectivity index (χ2v) is 5.64. The minimum absolute atomic E-state index is 0.0423. The Bertz CT molecular complexity index is 463. The molecule has 0 radical (unpaired) electrons. The third-order valence-electron chi connectivity index (χ3n) is 4.21. The van der Waals surface area contributed by atoms with Crippen molar-refractivity contribution in [2.45, 2.75) is 25.8 Å². The maximum absolute atomic E-state index is 12.8. The lowest BCUT2D eigenvalue weighted by atomic mass is 9.90. The van der Waals surface area contributed by atoms with Crippen molar-refractivity contribution >= 4 is 11.6 Å². The minimum Gasteiger partial charge on any atom is -0.325 e. The first-order valence-electron chi connectivity index (χ1n) is 7.57. The summed E-state index contributed by atoms with van der Waals surface area (Å²) in [7, 11) is 2.00. The molecule has 1 amide bonds. The number of rotatable bonds is 5. The second kappa shape index (κ2) is 7.52. The highest BCUT2D eigenvalue weighted by atomic mass is 19.1. The third kappa shape index (κ3) is 4.51. The van der Waals surface area contributed by atoms with Crippen LogP contribution in [0.15, 0.2) is 24.3 Å². The molecule has 1 aromatic rings. The summed E-state index contributed by atoms with van der Waals surface area (Å²) in [5.41, 5.74) is 0.638. The van der Waals surface area contributed by atoms with Gasteiger partial charge in [0, 0.05) is 24.8 Å². The van der Waals surface area contributed by atoms with E-state index in [4.69, 9.17) is 0 Å². The van der Waals surface area contributed by atoms with Crippen molar-refractivity contribution in [3.8, 4) is 0 Å². The molecule has 2 N–H and O–H groups in total. The maximum Gasteiger partial charge on any atom is 0.238 e. The number of likely N-dealkylation sites (tertiary alicyclic amines) is 1. The van der Waals surface area contributed by atoms with Crippen molar-refractivity contribution in [2.24, 2.45) is 5.92 Å². The van der Waals surface area contributed by atoms with E-state index in [0.717, 1.165) is 25.9 Å². The van der Waals surface area contributed by atoms with Crippen molar-refractivity contribution in [2.75, 3.05) is 32.0 Å². The number of amides is 1. The van der Waals surface area contributed by atoms with Crippen molar-refractivity contribution in [1.82, 2.24) is 10.2 Å². The van der Waals surface area contributed by atoms with Crippen LogP contribution >= 0.6 is 0 Å². The van der Waals surface area contributed by atoms with Crippen LogP contribution < -0.4 is 10.6 Å². The number of piperidine rings is 1. The third-order valence-corrected chi connectivity index (χ3v) is 4.21. The fourth-order valence-electron chi connectivity index (χ4n) is 2.98. The van der Waals surface area contributed by atoms with Crippen LogP contribution in [-0.4, -0.2) is 43.5 Å². The molecule has 0 spiro atoms. The molecule has 1 aliphatic heterocycles. The summed E-state index contributed by atoms with van der Waals surface area (Å²) in [6, 6.07) is 6.40. The zero-order valence-electron chi connectivity index (χ0n) is 12.7. The van der Waals surface area contributed by atoms with Gasteiger partial charge in [-0.05, 0) is 43.7 Å². The predicted octanol–water partition coefficient (Wildman–Crippen LogP) is 2.08. The number of benzene rings is 1. The first-order valence-corrected chi connectivity index (χ1v) is 7.57. The van der Waals surface area contributed by atoms with Crippen LogP contribution in [0.3, 0.4) is 0 Å². The van der Waals surface area contributed by atoms with E-state index in [-0.39, 0.29) is 11.7 Å². The average Bonchev–Trinajstić information content (AvgIpc) is 2.49. The Hall–Kier alpha value is -1.46. The topological polar surface area (TPSA) is 44.4 Å². The predicted molar refractivity (Wildman–Crippen MR) is 82.7 cm³/mol. The van der Waals surface area contributed by atoms with Gasteiger partial charge in [0.25, 0.3) is 0 Å². The molecule has 1 aromatic carbocycles. The molecule has 2 rings (SSSR count). The number of hydrogen-bond donors (Lipinski definition) is 2. The molecule has 4 nitrogen and oxygen atoms in total. The first-order chi connectivity index (χ1) is 10.1. The highest BCUT2D eigenvalue weighted by Crippen LogP contribution is 2.19. The lowest BCUT2D eigenvalue weighted by Crippen LogP contribution is -2.49. The summed E-state index contributed by atoms with van der Waals surface area (Å²) in [5.74, 6) is 0.245. The Balaban J connectivity index is 1.84. The van der Waals surface area contributed by atoms with Gasteiger partial charge in [0.1, 0.15) is 5.82 Å². The van der Waals surface area contributed by atoms with Crippen LogP contribution in [0.25, 0.3) is 0 Å². The van der Waals surface area contributed by atoms with Gasteiger partial charge in [-0.1, -0.05) is 13.3 Å². The summed E-state index contributed by atoms with van der Waals surface area (Å²) >= 11 is 0. The van der Waals surface area contributed by atoms with Crippen LogP contribution in [0.1, 0.15) is 19.8 Å². The molecular weight excluding hydrogens is 269 g/mol. The quantitative estimate of drug-likeness (QED) is 0.873. The van der Waals surface area contributed by atoms with Gasteiger partial charge in [0.05, 0.1) is 6.54 Å². The smallest absolute Gasteiger partial charge is 0.238 e. The SMILES string of the molecule is CCC1CN(CC(=O)Nc2ccc(F)cc2)CCC1NC. The van der Waals surface area contributed by atoms with Gasteiger partial charge in [0.15, 0.2) is 0 Å². The van der Waals surface area contributed by atoms with Gasteiger partial charge < -0.3 is 10.6 Å². The van der Waals surface area contributed by atoms with E-state index in [2.05, 4.69) is 22.5 Å². The molecule has 21 heavy (non-hydrogen) atoms. The number of nitrogens with zero attached hydrogens (tertiary/aromatic N) is 1. The van der Waals surface area contributed by atoms with Crippen LogP contribution in [0.2, 0.25) is 0 Å². The van der Waals surface area contributed by atoms with Crippen LogP contribution in [0.4, 0.5) is 10.1 Å². The standard InChI is InChI=1S/C16H24FN3O/c1-3-12-10-20(9-8-15(12)18-2)11-16(21)19-14-6-4-13(17)5-7-14/h4-7,12,15,18H,3,8-11H2,1-2H3,(H,19,21). The molecule has 1 heterocycles. The van der Waals surface area contributed by atoms with Crippen LogP contribution in [-0.2, 0) is 4.79 Å². The second-order valence-electron chi connectivity index (χ2n) is 5.64. The molecule has 1 fully saturated rings. The van der Waals surface area contributed by atoms with E-state index >= 15 is 0 Å². The highest BCUT2D eigenvalue weighted by Gasteiger charge is 2.27. The molecule has 0 bridgehead atoms. The van der Waals surface area contributed by atoms with Crippen molar-refractivity contribution in [3.63, 3.8) is 0 Å². The van der Waals surface area contributed by atoms with E-state index in [0.29, 0.717) is 24.2 Å². The lowest BCUT2D eigenvalue weighted by Gasteiger charge is -2.37. The monoisotopic (exact) mass is 293 g/mol. The summed E-state index contributed by atoms with van der Waals surface area (Å²) in [4.78, 5) is 14.2. The van der Waals surface area contributed by atoms with E-state index < -0.39 is 0 Å². The van der Waals surface area contributed by atoms with E-state index in [1.54, 1.807) is 12.1 Å². The molecule has 0 saturated carbocycles. The molecule has 116 valence electrons. The van der Waals surface area contributed by atoms with Gasteiger partial charge in [-0.3, -0.25) is 9.69 Å². The Labute approximate surface area is 125 Å². The van der Waals surface area contributed by atoms with Crippen LogP contribution in [0, 0.1) is 11.7 Å². The first kappa shape index (κ1) is 15.9. The fourth-order valence-corrected chi connectivity index (χ4v) is 2.98. The normalized spacial score (nSPS) is 23.0. The Kier molecular flexibility index (Phi) is 5.70. The number of nitrogens with one attached hydrogen (secondary N) is 2. The summed E-state index contributed by atoms with van der Waals surface area (Å²) in [5, 5.41) is 6.17. The van der Waals surface area contributed by atoms with Gasteiger partial charge in [-0.15, -0.1) is 0 Å². The number of carbonyl (C=O) groups is 1. The number of hydrogen-bond acceptors (Lipinski definition) is 3. The van der Waals surface area contributed by atoms with Crippen molar-refractivity contribution in [3.05, 3.63) is 30.1 Å². The largest absolute Gasteiger partial charge is 0.325 e. The summed E-state index contributed by atoms with van der Waals surface area (Å²) in [6.45, 7) is 4.46. The Morgan fingerprint density at radius 2 is 2.10 bits per heavy atom. The molecule has 2 unspecified atom stereocenters. The summed E-state index contributed by atoms with van der Waals surface area (Å²) < 4.78 is 12.8. The van der Waals surface area contributed by atoms with E-state index in [1.807, 2.05) is 7.05 Å². The molecule has 1 saturated heterocycles. The Morgan fingerprint density at radius 3 is 2.71 bits per heavy atom. The van der Waals surface area contributed by atoms with Gasteiger partial charge in [-0.2, -0.15) is 0 Å². The van der Waals surface area contributed by atoms with Crippen molar-refractivity contribution in [1.29, 1.82) is 0 Å². The fraction of sp³-hybridized carbons (Fsp3) is 0.562. The molecule has 5 heteroatoms. The lowest BCUT2D eigenvalue weighted by molar-refractivity contribution is -0.117. The van der Waals surface area contributed by atoms with Gasteiger partial charge >= 0.3 is 0 Å². The number of anilines is 1. The molecule has 1 aliphatic rings. The van der Waals surface area contributed by atoms with Gasteiger partial charge in [-0.25, -0.2) is 4.39 Å². The van der Waals surface area contributed by atoms with Gasteiger partial charge in [0.2, 0.25) is 5.91 Å². The molecular formula is C16H24FN3O. The molecule has 0 aliphatic carbocycles. The number of carbonyl (C=O) groups excluding carboxylic acids is 1. The zero-order chi connectivity index (χ0) is 15.2. The maximum atomic E-state index is 12.8. The Morgan fingerprint density at radius 1 is 1.38 bits per heavy atom. The molecule has 2 atom stereocenters. The summed E-state index contributed by atoms with van der Waals surface area (Å²) in [6.07, 6.45) is 2.18. The number of halogens is 1. The zero-order valence-corrected chi connectivity index (χ0v) is 12.7. The highest BCUT2D eigenvalue weighted by molar-refractivity contribution is 5.92. The van der Waals surface area contributed by atoms with Crippen LogP contribution in [0.5, 0.6) is 0 Å². The average molecular weight is 293 g/mol. The molecule has 0 aromatic heterocycles. The van der Waals surface area contributed by atoms with E-state index in [9.17, 15) is 9.18 Å². The van der Waals surface area contributed by atoms with Crippen molar-refractivity contribution < 1.29 is 9.18 Å².